The molecule has 28 heavy (non-hydrogen) atoms. The third-order valence-electron chi connectivity index (χ3n) is 4.33. The SMILES string of the molecule is CC(C)Oc1ccc(C(F)(F)F)c(C(C)C)c1-n1cnc2ccccc2c1=O. The van der Waals surface area contributed by atoms with Crippen LogP contribution in [0.2, 0.25) is 0 Å². The second-order valence-electron chi connectivity index (χ2n) is 7.13. The monoisotopic (exact) mass is 390 g/mol. The summed E-state index contributed by atoms with van der Waals surface area (Å²) < 4.78 is 48.1. The molecule has 0 unspecified atom stereocenters. The van der Waals surface area contributed by atoms with Crippen LogP contribution < -0.4 is 10.3 Å². The molecule has 0 fully saturated rings. The number of rotatable bonds is 4. The number of nitrogens with zero attached hydrogens (tertiary/aromatic N) is 2. The van der Waals surface area contributed by atoms with Gasteiger partial charge >= 0.3 is 6.18 Å². The molecule has 0 aliphatic heterocycles. The van der Waals surface area contributed by atoms with Crippen molar-refractivity contribution in [3.8, 4) is 11.4 Å². The van der Waals surface area contributed by atoms with Gasteiger partial charge in [0.2, 0.25) is 0 Å². The lowest BCUT2D eigenvalue weighted by atomic mass is 9.93. The van der Waals surface area contributed by atoms with Crippen molar-refractivity contribution >= 4 is 10.9 Å². The number of hydrogen-bond donors (Lipinski definition) is 0. The van der Waals surface area contributed by atoms with Crippen molar-refractivity contribution in [2.24, 2.45) is 0 Å². The molecule has 0 bridgehead atoms. The summed E-state index contributed by atoms with van der Waals surface area (Å²) in [5.41, 5.74) is -0.658. The third kappa shape index (κ3) is 3.61. The molecule has 0 amide bonds. The molecule has 0 atom stereocenters. The van der Waals surface area contributed by atoms with Gasteiger partial charge in [0.15, 0.2) is 0 Å². The first-order valence-electron chi connectivity index (χ1n) is 8.98. The zero-order valence-corrected chi connectivity index (χ0v) is 16.0. The number of benzene rings is 2. The quantitative estimate of drug-likeness (QED) is 0.606. The first-order valence-corrected chi connectivity index (χ1v) is 8.98. The van der Waals surface area contributed by atoms with Gasteiger partial charge in [-0.1, -0.05) is 26.0 Å². The summed E-state index contributed by atoms with van der Waals surface area (Å²) in [5.74, 6) is -0.286. The summed E-state index contributed by atoms with van der Waals surface area (Å²) in [5, 5.41) is 0.326. The van der Waals surface area contributed by atoms with E-state index in [9.17, 15) is 18.0 Å². The number of para-hydroxylation sites is 1. The van der Waals surface area contributed by atoms with Gasteiger partial charge in [-0.15, -0.1) is 0 Å². The Balaban J connectivity index is 2.43. The first kappa shape index (κ1) is 19.9. The Labute approximate surface area is 160 Å². The standard InChI is InChI=1S/C21H21F3N2O2/c1-12(2)18-15(21(22,23)24)9-10-17(28-13(3)4)19(18)26-11-25-16-8-6-5-7-14(16)20(26)27/h5-13H,1-4H3. The number of aromatic nitrogens is 2. The Kier molecular flexibility index (Phi) is 5.19. The Hall–Kier alpha value is -2.83. The molecule has 0 aliphatic carbocycles. The van der Waals surface area contributed by atoms with Gasteiger partial charge in [0, 0.05) is 0 Å². The van der Waals surface area contributed by atoms with E-state index in [1.807, 2.05) is 0 Å². The fourth-order valence-corrected chi connectivity index (χ4v) is 3.25. The molecular formula is C21H21F3N2O2. The van der Waals surface area contributed by atoms with Crippen LogP contribution >= 0.6 is 0 Å². The zero-order chi connectivity index (χ0) is 20.6. The van der Waals surface area contributed by atoms with E-state index in [0.29, 0.717) is 10.9 Å². The van der Waals surface area contributed by atoms with Gasteiger partial charge in [0.05, 0.1) is 28.3 Å². The molecule has 1 heterocycles. The predicted octanol–water partition coefficient (Wildman–Crippen LogP) is 5.32. The van der Waals surface area contributed by atoms with Crippen molar-refractivity contribution in [1.82, 2.24) is 9.55 Å². The molecule has 0 N–H and O–H groups in total. The topological polar surface area (TPSA) is 44.1 Å². The summed E-state index contributed by atoms with van der Waals surface area (Å²) >= 11 is 0. The molecular weight excluding hydrogens is 369 g/mol. The second kappa shape index (κ2) is 7.30. The average molecular weight is 390 g/mol. The van der Waals surface area contributed by atoms with E-state index < -0.39 is 23.2 Å². The summed E-state index contributed by atoms with van der Waals surface area (Å²) in [6.45, 7) is 6.87. The zero-order valence-electron chi connectivity index (χ0n) is 16.0. The smallest absolute Gasteiger partial charge is 0.416 e. The van der Waals surface area contributed by atoms with Gasteiger partial charge in [0.1, 0.15) is 12.1 Å². The Morgan fingerprint density at radius 2 is 1.71 bits per heavy atom. The highest BCUT2D eigenvalue weighted by Gasteiger charge is 2.36. The Morgan fingerprint density at radius 3 is 2.32 bits per heavy atom. The molecule has 4 nitrogen and oxygen atoms in total. The largest absolute Gasteiger partial charge is 0.489 e. The molecule has 0 radical (unpaired) electrons. The minimum Gasteiger partial charge on any atom is -0.489 e. The number of halogens is 3. The molecule has 1 aromatic heterocycles. The van der Waals surface area contributed by atoms with Crippen molar-refractivity contribution in [3.63, 3.8) is 0 Å². The minimum absolute atomic E-state index is 0.00447. The maximum Gasteiger partial charge on any atom is 0.416 e. The summed E-state index contributed by atoms with van der Waals surface area (Å²) in [6.07, 6.45) is -3.57. The van der Waals surface area contributed by atoms with E-state index in [-0.39, 0.29) is 23.1 Å². The van der Waals surface area contributed by atoms with Crippen molar-refractivity contribution < 1.29 is 17.9 Å². The maximum absolute atomic E-state index is 13.7. The van der Waals surface area contributed by atoms with Crippen LogP contribution in [0.1, 0.15) is 44.7 Å². The fraction of sp³-hybridized carbons (Fsp3) is 0.333. The van der Waals surface area contributed by atoms with Crippen molar-refractivity contribution in [3.05, 3.63) is 64.2 Å². The van der Waals surface area contributed by atoms with E-state index in [4.69, 9.17) is 4.74 Å². The Morgan fingerprint density at radius 1 is 1.04 bits per heavy atom. The lowest BCUT2D eigenvalue weighted by molar-refractivity contribution is -0.138. The highest BCUT2D eigenvalue weighted by atomic mass is 19.4. The van der Waals surface area contributed by atoms with Crippen molar-refractivity contribution in [2.75, 3.05) is 0 Å². The molecule has 2 aromatic carbocycles. The summed E-state index contributed by atoms with van der Waals surface area (Å²) in [4.78, 5) is 17.3. The first-order chi connectivity index (χ1) is 13.1. The van der Waals surface area contributed by atoms with E-state index >= 15 is 0 Å². The van der Waals surface area contributed by atoms with Gasteiger partial charge in [0.25, 0.3) is 5.56 Å². The minimum atomic E-state index is -4.56. The summed E-state index contributed by atoms with van der Waals surface area (Å²) in [6, 6.07) is 9.00. The summed E-state index contributed by atoms with van der Waals surface area (Å²) in [7, 11) is 0. The predicted molar refractivity (Wildman–Crippen MR) is 102 cm³/mol. The van der Waals surface area contributed by atoms with Crippen LogP contribution in [-0.2, 0) is 6.18 Å². The van der Waals surface area contributed by atoms with Crippen LogP contribution in [-0.4, -0.2) is 15.7 Å². The second-order valence-corrected chi connectivity index (χ2v) is 7.13. The van der Waals surface area contributed by atoms with E-state index in [0.717, 1.165) is 10.6 Å². The van der Waals surface area contributed by atoms with Crippen LogP contribution in [0.5, 0.6) is 5.75 Å². The van der Waals surface area contributed by atoms with E-state index in [2.05, 4.69) is 4.98 Å². The lowest BCUT2D eigenvalue weighted by Gasteiger charge is -2.24. The van der Waals surface area contributed by atoms with Crippen molar-refractivity contribution in [2.45, 2.75) is 45.9 Å². The van der Waals surface area contributed by atoms with Crippen LogP contribution in [0.25, 0.3) is 16.6 Å². The molecule has 0 saturated carbocycles. The van der Waals surface area contributed by atoms with Crippen LogP contribution in [0, 0.1) is 0 Å². The van der Waals surface area contributed by atoms with Crippen LogP contribution in [0.4, 0.5) is 13.2 Å². The van der Waals surface area contributed by atoms with Crippen LogP contribution in [0.15, 0.2) is 47.5 Å². The molecule has 3 aromatic rings. The van der Waals surface area contributed by atoms with Gasteiger partial charge in [-0.05, 0) is 49.6 Å². The fourth-order valence-electron chi connectivity index (χ4n) is 3.25. The Bertz CT molecular complexity index is 1070. The lowest BCUT2D eigenvalue weighted by Crippen LogP contribution is -2.24. The van der Waals surface area contributed by atoms with E-state index in [1.165, 1.54) is 12.4 Å². The van der Waals surface area contributed by atoms with Gasteiger partial charge in [-0.2, -0.15) is 13.2 Å². The highest BCUT2D eigenvalue weighted by molar-refractivity contribution is 5.77. The number of ether oxygens (including phenoxy) is 1. The van der Waals surface area contributed by atoms with Gasteiger partial charge < -0.3 is 4.74 Å². The molecule has 0 aliphatic rings. The van der Waals surface area contributed by atoms with Crippen LogP contribution in [0.3, 0.4) is 0 Å². The molecule has 0 saturated heterocycles. The molecule has 0 spiro atoms. The molecule has 3 rings (SSSR count). The number of alkyl halides is 3. The molecule has 7 heteroatoms. The normalized spacial score (nSPS) is 12.2. The van der Waals surface area contributed by atoms with Gasteiger partial charge in [-0.25, -0.2) is 4.98 Å². The average Bonchev–Trinajstić information content (AvgIpc) is 2.61. The van der Waals surface area contributed by atoms with Crippen molar-refractivity contribution in [1.29, 1.82) is 0 Å². The molecule has 148 valence electrons. The van der Waals surface area contributed by atoms with E-state index in [1.54, 1.807) is 52.0 Å². The number of fused-ring (bicyclic) bond motifs is 1. The highest BCUT2D eigenvalue weighted by Crippen LogP contribution is 2.41. The maximum atomic E-state index is 13.7. The third-order valence-corrected chi connectivity index (χ3v) is 4.33. The number of hydrogen-bond acceptors (Lipinski definition) is 3. The van der Waals surface area contributed by atoms with Gasteiger partial charge in [-0.3, -0.25) is 9.36 Å².